The van der Waals surface area contributed by atoms with Crippen LogP contribution in [0.5, 0.6) is 0 Å². The summed E-state index contributed by atoms with van der Waals surface area (Å²) >= 11 is 0. The van der Waals surface area contributed by atoms with Crippen LogP contribution >= 0.6 is 0 Å². The third kappa shape index (κ3) is 29.6. The largest absolute Gasteiger partial charge is 0.394 e. The zero-order chi connectivity index (χ0) is 44.8. The summed E-state index contributed by atoms with van der Waals surface area (Å²) in [5.74, 6) is -0.711. The van der Waals surface area contributed by atoms with Crippen molar-refractivity contribution in [3.05, 3.63) is 24.3 Å². The first kappa shape index (κ1) is 57.6. The Morgan fingerprint density at radius 3 is 1.43 bits per heavy atom. The van der Waals surface area contributed by atoms with Gasteiger partial charge < -0.3 is 50.5 Å². The third-order valence-electron chi connectivity index (χ3n) is 12.2. The molecule has 0 aromatic heterocycles. The molecule has 1 aliphatic heterocycles. The van der Waals surface area contributed by atoms with Crippen LogP contribution in [0.2, 0.25) is 0 Å². The number of carbonyl (C=O) groups excluding carboxylic acids is 1. The highest BCUT2D eigenvalue weighted by Crippen LogP contribution is 2.23. The quantitative estimate of drug-likeness (QED) is 0.0217. The van der Waals surface area contributed by atoms with E-state index in [0.29, 0.717) is 12.8 Å². The van der Waals surface area contributed by atoms with Crippen molar-refractivity contribution in [1.29, 1.82) is 0 Å². The van der Waals surface area contributed by atoms with Crippen molar-refractivity contribution in [3.8, 4) is 0 Å². The summed E-state index contributed by atoms with van der Waals surface area (Å²) in [6.07, 6.45) is 33.7. The molecule has 360 valence electrons. The van der Waals surface area contributed by atoms with Crippen molar-refractivity contribution in [3.63, 3.8) is 0 Å². The molecule has 0 bridgehead atoms. The van der Waals surface area contributed by atoms with Gasteiger partial charge in [0.05, 0.1) is 25.4 Å². The van der Waals surface area contributed by atoms with Gasteiger partial charge in [-0.15, -0.1) is 0 Å². The van der Waals surface area contributed by atoms with Gasteiger partial charge in [-0.3, -0.25) is 4.79 Å². The minimum absolute atomic E-state index is 0.247. The Bertz CT molecular complexity index is 1040. The molecular weight excluding hydrogens is 775 g/mol. The van der Waals surface area contributed by atoms with Crippen LogP contribution in [0.1, 0.15) is 219 Å². The summed E-state index contributed by atoms with van der Waals surface area (Å²) in [6.45, 7) is 3.42. The molecule has 1 fully saturated rings. The first-order valence-corrected chi connectivity index (χ1v) is 25.2. The van der Waals surface area contributed by atoms with E-state index in [1.807, 2.05) is 0 Å². The van der Waals surface area contributed by atoms with Crippen molar-refractivity contribution in [2.24, 2.45) is 0 Å². The molecule has 61 heavy (non-hydrogen) atoms. The molecule has 9 unspecified atom stereocenters. The second-order valence-electron chi connectivity index (χ2n) is 17.9. The number of ether oxygens (including phenoxy) is 2. The van der Waals surface area contributed by atoms with Crippen LogP contribution in [-0.4, -0.2) is 110 Å². The lowest BCUT2D eigenvalue weighted by atomic mass is 9.98. The van der Waals surface area contributed by atoms with E-state index in [1.165, 1.54) is 122 Å². The highest BCUT2D eigenvalue weighted by Gasteiger charge is 2.44. The number of aliphatic hydroxyl groups excluding tert-OH is 7. The van der Waals surface area contributed by atoms with Crippen molar-refractivity contribution >= 4 is 5.91 Å². The first-order chi connectivity index (χ1) is 29.7. The number of hydrogen-bond donors (Lipinski definition) is 8. The average molecular weight is 870 g/mol. The molecule has 1 aliphatic rings. The van der Waals surface area contributed by atoms with Crippen LogP contribution in [0.15, 0.2) is 24.3 Å². The maximum atomic E-state index is 13.1. The number of amides is 1. The summed E-state index contributed by atoms with van der Waals surface area (Å²) in [5.41, 5.74) is 0. The zero-order valence-electron chi connectivity index (χ0n) is 38.9. The minimum atomic E-state index is -1.67. The molecule has 1 heterocycles. The number of rotatable bonds is 42. The molecule has 1 rings (SSSR count). The highest BCUT2D eigenvalue weighted by molar-refractivity contribution is 5.80. The van der Waals surface area contributed by atoms with Crippen LogP contribution < -0.4 is 5.32 Å². The Hall–Kier alpha value is -1.41. The Balaban J connectivity index is 2.42. The van der Waals surface area contributed by atoms with Crippen molar-refractivity contribution < 1.29 is 50.0 Å². The molecule has 0 saturated carbocycles. The number of carbonyl (C=O) groups is 1. The second kappa shape index (κ2) is 40.1. The van der Waals surface area contributed by atoms with Gasteiger partial charge in [0.2, 0.25) is 5.91 Å². The maximum Gasteiger partial charge on any atom is 0.249 e. The highest BCUT2D eigenvalue weighted by atomic mass is 16.7. The Morgan fingerprint density at radius 1 is 0.557 bits per heavy atom. The molecule has 11 heteroatoms. The lowest BCUT2D eigenvalue weighted by Crippen LogP contribution is -2.60. The van der Waals surface area contributed by atoms with Crippen LogP contribution in [-0.2, 0) is 14.3 Å². The van der Waals surface area contributed by atoms with Crippen LogP contribution in [0.25, 0.3) is 0 Å². The molecule has 0 radical (unpaired) electrons. The molecule has 0 spiro atoms. The van der Waals surface area contributed by atoms with Crippen LogP contribution in [0.3, 0.4) is 0 Å². The Kier molecular flexibility index (Phi) is 37.9. The van der Waals surface area contributed by atoms with Gasteiger partial charge in [0.25, 0.3) is 0 Å². The van der Waals surface area contributed by atoms with Crippen molar-refractivity contribution in [2.75, 3.05) is 13.2 Å². The van der Waals surface area contributed by atoms with Crippen LogP contribution in [0.4, 0.5) is 0 Å². The number of unbranched alkanes of at least 4 members (excludes halogenated alkanes) is 26. The van der Waals surface area contributed by atoms with Gasteiger partial charge in [0, 0.05) is 0 Å². The van der Waals surface area contributed by atoms with E-state index in [9.17, 15) is 40.5 Å². The van der Waals surface area contributed by atoms with Gasteiger partial charge >= 0.3 is 0 Å². The van der Waals surface area contributed by atoms with Gasteiger partial charge in [-0.05, 0) is 64.2 Å². The minimum Gasteiger partial charge on any atom is -0.394 e. The van der Waals surface area contributed by atoms with Gasteiger partial charge in [-0.2, -0.15) is 0 Å². The summed E-state index contributed by atoms with van der Waals surface area (Å²) in [4.78, 5) is 13.1. The maximum absolute atomic E-state index is 13.1. The van der Waals surface area contributed by atoms with Gasteiger partial charge in [0.1, 0.15) is 36.6 Å². The molecule has 1 saturated heterocycles. The fraction of sp³-hybridized carbons (Fsp3) is 0.900. The number of allylic oxidation sites excluding steroid dienone is 4. The summed E-state index contributed by atoms with van der Waals surface area (Å²) in [5, 5.41) is 75.8. The standard InChI is InChI=1S/C50H95NO10/c1-3-5-7-9-11-13-15-17-19-20-21-22-23-24-26-27-29-31-33-35-37-42(53)45(55)41(40-60-50-48(58)47(57)46(56)44(39-52)61-50)51-49(59)43(54)38-36-34-32-30-28-25-18-16-14-12-10-8-6-4-2/h14,16,29,31,41-48,50,52-58H,3-13,15,17-28,30,32-40H2,1-2H3,(H,51,59)/b16-14-,31-29+. The molecular formula is C50H95NO10. The van der Waals surface area contributed by atoms with E-state index in [0.717, 1.165) is 57.8 Å². The van der Waals surface area contributed by atoms with E-state index in [1.54, 1.807) is 0 Å². The topological polar surface area (TPSA) is 189 Å². The number of nitrogens with one attached hydrogen (secondary N) is 1. The van der Waals surface area contributed by atoms with E-state index in [-0.39, 0.29) is 12.8 Å². The lowest BCUT2D eigenvalue weighted by Gasteiger charge is -2.40. The normalized spacial score (nSPS) is 21.6. The van der Waals surface area contributed by atoms with Gasteiger partial charge in [-0.1, -0.05) is 179 Å². The van der Waals surface area contributed by atoms with Gasteiger partial charge in [0.15, 0.2) is 6.29 Å². The molecule has 11 nitrogen and oxygen atoms in total. The van der Waals surface area contributed by atoms with E-state index in [2.05, 4.69) is 43.5 Å². The Labute approximate surface area is 372 Å². The fourth-order valence-corrected chi connectivity index (χ4v) is 8.02. The SMILES string of the molecule is CCCCCC/C=C\CCCCCCCCC(O)C(=O)NC(COC1OC(CO)C(O)C(O)C1O)C(O)C(O)CCC/C=C/CCCCCCCCCCCCCCCCC. The van der Waals surface area contributed by atoms with E-state index >= 15 is 0 Å². The molecule has 0 aromatic carbocycles. The smallest absolute Gasteiger partial charge is 0.249 e. The third-order valence-corrected chi connectivity index (χ3v) is 12.2. The summed E-state index contributed by atoms with van der Waals surface area (Å²) < 4.78 is 11.1. The van der Waals surface area contributed by atoms with Crippen molar-refractivity contribution in [1.82, 2.24) is 5.32 Å². The van der Waals surface area contributed by atoms with E-state index < -0.39 is 74.2 Å². The molecule has 8 N–H and O–H groups in total. The molecule has 1 amide bonds. The number of hydrogen-bond acceptors (Lipinski definition) is 10. The summed E-state index contributed by atoms with van der Waals surface area (Å²) in [7, 11) is 0. The monoisotopic (exact) mass is 870 g/mol. The lowest BCUT2D eigenvalue weighted by molar-refractivity contribution is -0.303. The van der Waals surface area contributed by atoms with Crippen LogP contribution in [0, 0.1) is 0 Å². The van der Waals surface area contributed by atoms with Crippen molar-refractivity contribution in [2.45, 2.75) is 274 Å². The number of aliphatic hydroxyl groups is 7. The summed E-state index contributed by atoms with van der Waals surface area (Å²) in [6, 6.07) is -1.18. The van der Waals surface area contributed by atoms with E-state index in [4.69, 9.17) is 9.47 Å². The average Bonchev–Trinajstić information content (AvgIpc) is 3.26. The molecule has 0 aliphatic carbocycles. The predicted octanol–water partition coefficient (Wildman–Crippen LogP) is 9.01. The molecule has 0 aromatic rings. The fourth-order valence-electron chi connectivity index (χ4n) is 8.02. The first-order valence-electron chi connectivity index (χ1n) is 25.2. The molecule has 9 atom stereocenters. The van der Waals surface area contributed by atoms with Gasteiger partial charge in [-0.25, -0.2) is 0 Å². The Morgan fingerprint density at radius 2 is 0.967 bits per heavy atom. The predicted molar refractivity (Wildman–Crippen MR) is 247 cm³/mol. The second-order valence-corrected chi connectivity index (χ2v) is 17.9. The zero-order valence-corrected chi connectivity index (χ0v) is 38.9.